The first-order chi connectivity index (χ1) is 12.2. The highest BCUT2D eigenvalue weighted by atomic mass is 35.5. The maximum absolute atomic E-state index is 12.8. The number of alkyl halides is 1. The number of nitrogens with one attached hydrogen (secondary N) is 1. The fourth-order valence-electron chi connectivity index (χ4n) is 3.79. The van der Waals surface area contributed by atoms with Crippen LogP contribution in [0.1, 0.15) is 26.7 Å². The van der Waals surface area contributed by atoms with Gasteiger partial charge in [-0.2, -0.15) is 0 Å². The predicted octanol–water partition coefficient (Wildman–Crippen LogP) is -0.000600. The largest absolute Gasteiger partial charge is 0.388 e. The van der Waals surface area contributed by atoms with Crippen LogP contribution >= 0.6 is 23.4 Å². The number of halogens is 1. The monoisotopic (exact) mass is 410 g/mol. The molecule has 0 saturated carbocycles. The van der Waals surface area contributed by atoms with Crippen LogP contribution in [0, 0.1) is 5.92 Å². The molecule has 2 aliphatic heterocycles. The van der Waals surface area contributed by atoms with Gasteiger partial charge in [-0.25, -0.2) is 0 Å². The third-order valence-corrected chi connectivity index (χ3v) is 6.64. The van der Waals surface area contributed by atoms with Gasteiger partial charge in [-0.15, -0.1) is 23.4 Å². The van der Waals surface area contributed by atoms with Crippen molar-refractivity contribution >= 4 is 29.3 Å². The Bertz CT molecular complexity index is 484. The van der Waals surface area contributed by atoms with Crippen molar-refractivity contribution in [2.75, 3.05) is 19.8 Å². The minimum Gasteiger partial charge on any atom is -0.388 e. The number of thioether (sulfide) groups is 1. The Balaban J connectivity index is 2.11. The summed E-state index contributed by atoms with van der Waals surface area (Å²) >= 11 is 7.52. The molecule has 0 radical (unpaired) electrons. The molecule has 2 heterocycles. The maximum atomic E-state index is 12.8. The smallest absolute Gasteiger partial charge is 0.237 e. The SMILES string of the molecule is CC[C@@H]1C[C@H](C(=O)N[C@@H]([C@@H]2O[C@H](SC)[C@H](O)[C@H](O)[C@H]2O)[C@H](C)Cl)N(C)C1. The van der Waals surface area contributed by atoms with Gasteiger partial charge >= 0.3 is 0 Å². The van der Waals surface area contributed by atoms with Crippen molar-refractivity contribution < 1.29 is 24.9 Å². The number of likely N-dealkylation sites (tertiary alicyclic amines) is 1. The predicted molar refractivity (Wildman–Crippen MR) is 102 cm³/mol. The Labute approximate surface area is 164 Å². The molecule has 0 spiro atoms. The fraction of sp³-hybridized carbons (Fsp3) is 0.941. The summed E-state index contributed by atoms with van der Waals surface area (Å²) in [6.07, 6.45) is -1.27. The quantitative estimate of drug-likeness (QED) is 0.457. The van der Waals surface area contributed by atoms with E-state index in [0.717, 1.165) is 19.4 Å². The first kappa shape index (κ1) is 22.2. The topological polar surface area (TPSA) is 102 Å². The number of aliphatic hydroxyl groups is 3. The van der Waals surface area contributed by atoms with Crippen molar-refractivity contribution in [2.24, 2.45) is 5.92 Å². The summed E-state index contributed by atoms with van der Waals surface area (Å²) < 4.78 is 5.78. The highest BCUT2D eigenvalue weighted by Crippen LogP contribution is 2.31. The number of amides is 1. The van der Waals surface area contributed by atoms with Gasteiger partial charge in [-0.1, -0.05) is 13.3 Å². The lowest BCUT2D eigenvalue weighted by molar-refractivity contribution is -0.205. The number of hydrogen-bond acceptors (Lipinski definition) is 7. The van der Waals surface area contributed by atoms with Gasteiger partial charge in [-0.3, -0.25) is 9.69 Å². The average Bonchev–Trinajstić information content (AvgIpc) is 2.99. The Morgan fingerprint density at radius 1 is 1.35 bits per heavy atom. The van der Waals surface area contributed by atoms with Crippen LogP contribution in [0.4, 0.5) is 0 Å². The lowest BCUT2D eigenvalue weighted by atomic mass is 9.92. The third kappa shape index (κ3) is 4.66. The molecule has 0 aliphatic carbocycles. The van der Waals surface area contributed by atoms with Gasteiger partial charge in [0, 0.05) is 6.54 Å². The Morgan fingerprint density at radius 2 is 2.00 bits per heavy atom. The standard InChI is InChI=1S/C17H31ClN2O5S/c1-5-9-6-10(20(3)7-9)16(24)19-11(8(2)18)15-13(22)12(21)14(23)17(25-15)26-4/h8-15,17,21-23H,5-7H2,1-4H3,(H,19,24)/t8-,9+,10+,11+,12+,13+,14+,15-,17+/m0/s1. The van der Waals surface area contributed by atoms with E-state index in [2.05, 4.69) is 12.2 Å². The summed E-state index contributed by atoms with van der Waals surface area (Å²) in [5, 5.41) is 32.9. The molecule has 1 amide bonds. The van der Waals surface area contributed by atoms with E-state index in [0.29, 0.717) is 5.92 Å². The summed E-state index contributed by atoms with van der Waals surface area (Å²) in [6, 6.07) is -0.935. The zero-order chi connectivity index (χ0) is 19.6. The molecular weight excluding hydrogens is 380 g/mol. The second kappa shape index (κ2) is 9.41. The van der Waals surface area contributed by atoms with E-state index in [-0.39, 0.29) is 11.9 Å². The zero-order valence-corrected chi connectivity index (χ0v) is 17.3. The van der Waals surface area contributed by atoms with Gasteiger partial charge in [0.15, 0.2) is 0 Å². The Morgan fingerprint density at radius 3 is 2.50 bits per heavy atom. The van der Waals surface area contributed by atoms with Crippen LogP contribution < -0.4 is 5.32 Å². The molecule has 9 heteroatoms. The molecule has 0 aromatic rings. The number of aliphatic hydroxyl groups excluding tert-OH is 3. The zero-order valence-electron chi connectivity index (χ0n) is 15.7. The lowest BCUT2D eigenvalue weighted by Crippen LogP contribution is -2.65. The molecule has 0 aromatic carbocycles. The van der Waals surface area contributed by atoms with E-state index in [4.69, 9.17) is 16.3 Å². The molecule has 7 nitrogen and oxygen atoms in total. The fourth-order valence-corrected chi connectivity index (χ4v) is 4.68. The summed E-state index contributed by atoms with van der Waals surface area (Å²) in [4.78, 5) is 14.8. The van der Waals surface area contributed by atoms with E-state index >= 15 is 0 Å². The molecule has 4 N–H and O–H groups in total. The minimum atomic E-state index is -1.36. The van der Waals surface area contributed by atoms with Gasteiger partial charge < -0.3 is 25.4 Å². The molecule has 2 aliphatic rings. The normalized spacial score (nSPS) is 41.0. The first-order valence-corrected chi connectivity index (χ1v) is 10.8. The summed E-state index contributed by atoms with van der Waals surface area (Å²) in [5.74, 6) is 0.329. The van der Waals surface area contributed by atoms with Gasteiger partial charge in [0.1, 0.15) is 29.9 Å². The Hall–Kier alpha value is -0.0900. The molecule has 2 fully saturated rings. The van der Waals surface area contributed by atoms with Gasteiger partial charge in [0.25, 0.3) is 0 Å². The molecule has 152 valence electrons. The number of likely N-dealkylation sites (N-methyl/N-ethyl adjacent to an activating group) is 1. The molecule has 2 saturated heterocycles. The van der Waals surface area contributed by atoms with Crippen LogP contribution in [0.25, 0.3) is 0 Å². The van der Waals surface area contributed by atoms with Crippen molar-refractivity contribution in [3.63, 3.8) is 0 Å². The summed E-state index contributed by atoms with van der Waals surface area (Å²) in [6.45, 7) is 4.70. The number of carbonyl (C=O) groups excluding carboxylic acids is 1. The van der Waals surface area contributed by atoms with E-state index in [1.54, 1.807) is 13.2 Å². The van der Waals surface area contributed by atoms with E-state index in [1.165, 1.54) is 11.8 Å². The van der Waals surface area contributed by atoms with Gasteiger partial charge in [0.2, 0.25) is 5.91 Å². The number of carbonyl (C=O) groups is 1. The number of rotatable bonds is 6. The number of ether oxygens (including phenoxy) is 1. The third-order valence-electron chi connectivity index (χ3n) is 5.51. The van der Waals surface area contributed by atoms with Crippen LogP contribution in [0.5, 0.6) is 0 Å². The first-order valence-electron chi connectivity index (χ1n) is 9.08. The lowest BCUT2D eigenvalue weighted by Gasteiger charge is -2.44. The molecule has 0 bridgehead atoms. The molecule has 9 atom stereocenters. The van der Waals surface area contributed by atoms with Crippen LogP contribution in [0.3, 0.4) is 0 Å². The molecule has 0 unspecified atom stereocenters. The minimum absolute atomic E-state index is 0.155. The summed E-state index contributed by atoms with van der Waals surface area (Å²) in [7, 11) is 1.93. The highest BCUT2D eigenvalue weighted by Gasteiger charge is 2.48. The van der Waals surface area contributed by atoms with Crippen molar-refractivity contribution in [1.29, 1.82) is 0 Å². The van der Waals surface area contributed by atoms with Gasteiger partial charge in [-0.05, 0) is 32.6 Å². The van der Waals surface area contributed by atoms with Crippen molar-refractivity contribution in [1.82, 2.24) is 10.2 Å². The second-order valence-corrected chi connectivity index (χ2v) is 8.98. The van der Waals surface area contributed by atoms with Crippen molar-refractivity contribution in [3.05, 3.63) is 0 Å². The van der Waals surface area contributed by atoms with Crippen LogP contribution in [-0.4, -0.2) is 93.3 Å². The molecule has 2 rings (SSSR count). The second-order valence-electron chi connectivity index (χ2n) is 7.35. The van der Waals surface area contributed by atoms with Crippen LogP contribution in [0.2, 0.25) is 0 Å². The maximum Gasteiger partial charge on any atom is 0.237 e. The molecule has 0 aromatic heterocycles. The Kier molecular flexibility index (Phi) is 8.03. The number of nitrogens with zero attached hydrogens (tertiary/aromatic N) is 1. The van der Waals surface area contributed by atoms with E-state index < -0.39 is 41.3 Å². The van der Waals surface area contributed by atoms with Crippen LogP contribution in [-0.2, 0) is 9.53 Å². The molecular formula is C17H31ClN2O5S. The van der Waals surface area contributed by atoms with Gasteiger partial charge in [0.05, 0.1) is 17.5 Å². The molecule has 26 heavy (non-hydrogen) atoms. The number of hydrogen-bond donors (Lipinski definition) is 4. The highest BCUT2D eigenvalue weighted by molar-refractivity contribution is 7.99. The van der Waals surface area contributed by atoms with E-state index in [1.807, 2.05) is 11.9 Å². The summed E-state index contributed by atoms with van der Waals surface area (Å²) in [5.41, 5.74) is -0.702. The average molecular weight is 411 g/mol. The van der Waals surface area contributed by atoms with Crippen LogP contribution in [0.15, 0.2) is 0 Å². The van der Waals surface area contributed by atoms with Crippen molar-refractivity contribution in [2.45, 2.75) is 74.0 Å². The van der Waals surface area contributed by atoms with Crippen molar-refractivity contribution in [3.8, 4) is 0 Å². The van der Waals surface area contributed by atoms with E-state index in [9.17, 15) is 20.1 Å².